The number of aliphatic imine (C=N–C) groups is 1. The highest BCUT2D eigenvalue weighted by atomic mass is 127. The summed E-state index contributed by atoms with van der Waals surface area (Å²) in [6.45, 7) is 2.27. The van der Waals surface area contributed by atoms with Crippen LogP contribution in [0.2, 0.25) is 0 Å². The summed E-state index contributed by atoms with van der Waals surface area (Å²) in [4.78, 5) is 11.8. The summed E-state index contributed by atoms with van der Waals surface area (Å²) in [5, 5.41) is 6.67. The molecule has 0 spiro atoms. The van der Waals surface area contributed by atoms with Gasteiger partial charge in [-0.05, 0) is 56.8 Å². The molecule has 176 valence electrons. The summed E-state index contributed by atoms with van der Waals surface area (Å²) in [5.74, 6) is 1.18. The Morgan fingerprint density at radius 2 is 1.97 bits per heavy atom. The van der Waals surface area contributed by atoms with E-state index in [1.165, 1.54) is 11.0 Å². The quantitative estimate of drug-likeness (QED) is 0.243. The van der Waals surface area contributed by atoms with Gasteiger partial charge in [0.1, 0.15) is 0 Å². The first-order chi connectivity index (χ1) is 14.3. The van der Waals surface area contributed by atoms with Gasteiger partial charge in [0.15, 0.2) is 17.6 Å². The van der Waals surface area contributed by atoms with Crippen LogP contribution in [0.3, 0.4) is 0 Å². The van der Waals surface area contributed by atoms with E-state index in [1.807, 2.05) is 4.90 Å². The summed E-state index contributed by atoms with van der Waals surface area (Å²) in [6, 6.07) is 3.14. The molecule has 2 aliphatic heterocycles. The van der Waals surface area contributed by atoms with E-state index in [0.29, 0.717) is 37.3 Å². The average Bonchev–Trinajstić information content (AvgIpc) is 3.16. The van der Waals surface area contributed by atoms with Crippen LogP contribution in [-0.2, 0) is 0 Å². The van der Waals surface area contributed by atoms with Gasteiger partial charge >= 0.3 is 6.18 Å². The number of hydrogen-bond acceptors (Lipinski definition) is 4. The number of hydrogen-bond donors (Lipinski definition) is 2. The van der Waals surface area contributed by atoms with Crippen LogP contribution < -0.4 is 15.5 Å². The second kappa shape index (κ2) is 12.0. The number of rotatable bonds is 6. The molecule has 1 unspecified atom stereocenters. The molecule has 1 atom stereocenters. The normalized spacial score (nSPS) is 21.1. The number of nitrogens with zero attached hydrogens (tertiary/aromatic N) is 4. The van der Waals surface area contributed by atoms with E-state index < -0.39 is 12.7 Å². The molecule has 2 saturated heterocycles. The van der Waals surface area contributed by atoms with Crippen LogP contribution in [0.25, 0.3) is 0 Å². The maximum atomic E-state index is 13.9. The van der Waals surface area contributed by atoms with Gasteiger partial charge in [-0.2, -0.15) is 13.2 Å². The van der Waals surface area contributed by atoms with E-state index >= 15 is 0 Å². The number of piperidine rings is 1. The van der Waals surface area contributed by atoms with Crippen LogP contribution in [0, 0.1) is 11.7 Å². The first-order valence-electron chi connectivity index (χ1n) is 10.5. The Balaban J connectivity index is 0.00000341. The first kappa shape index (κ1) is 25.9. The van der Waals surface area contributed by atoms with Crippen molar-refractivity contribution in [1.29, 1.82) is 0 Å². The molecule has 0 saturated carbocycles. The summed E-state index contributed by atoms with van der Waals surface area (Å²) in [6.07, 6.45) is 0.802. The number of alkyl halides is 3. The molecule has 1 aromatic rings. The zero-order valence-electron chi connectivity index (χ0n) is 17.7. The Morgan fingerprint density at radius 3 is 2.61 bits per heavy atom. The molecule has 3 heterocycles. The average molecular weight is 558 g/mol. The van der Waals surface area contributed by atoms with Crippen LogP contribution >= 0.6 is 24.0 Å². The minimum atomic E-state index is -4.12. The lowest BCUT2D eigenvalue weighted by molar-refractivity contribution is -0.148. The van der Waals surface area contributed by atoms with Crippen LogP contribution in [0.5, 0.6) is 0 Å². The Labute approximate surface area is 197 Å². The first-order valence-corrected chi connectivity index (χ1v) is 10.5. The topological polar surface area (TPSA) is 55.8 Å². The van der Waals surface area contributed by atoms with E-state index in [2.05, 4.69) is 20.6 Å². The smallest absolute Gasteiger partial charge is 0.356 e. The van der Waals surface area contributed by atoms with E-state index in [4.69, 9.17) is 0 Å². The van der Waals surface area contributed by atoms with E-state index in [1.54, 1.807) is 19.3 Å². The molecule has 1 aromatic heterocycles. The Kier molecular flexibility index (Phi) is 10.0. The van der Waals surface area contributed by atoms with Crippen molar-refractivity contribution < 1.29 is 17.6 Å². The van der Waals surface area contributed by atoms with Crippen LogP contribution in [0.15, 0.2) is 23.3 Å². The number of anilines is 1. The van der Waals surface area contributed by atoms with E-state index in [0.717, 1.165) is 38.8 Å². The van der Waals surface area contributed by atoms with Gasteiger partial charge in [-0.3, -0.25) is 9.89 Å². The maximum Gasteiger partial charge on any atom is 0.401 e. The number of aromatic nitrogens is 1. The van der Waals surface area contributed by atoms with Crippen molar-refractivity contribution in [2.24, 2.45) is 10.9 Å². The minimum absolute atomic E-state index is 0. The monoisotopic (exact) mass is 558 g/mol. The highest BCUT2D eigenvalue weighted by Gasteiger charge is 2.32. The highest BCUT2D eigenvalue weighted by molar-refractivity contribution is 14.0. The summed E-state index contributed by atoms with van der Waals surface area (Å²) in [7, 11) is 1.70. The minimum Gasteiger partial charge on any atom is -0.356 e. The van der Waals surface area contributed by atoms with Crippen LogP contribution in [0.1, 0.15) is 25.7 Å². The molecule has 0 bridgehead atoms. The number of halogens is 5. The Bertz CT molecular complexity index is 709. The van der Waals surface area contributed by atoms with E-state index in [9.17, 15) is 17.6 Å². The van der Waals surface area contributed by atoms with Crippen molar-refractivity contribution in [1.82, 2.24) is 20.5 Å². The zero-order chi connectivity index (χ0) is 21.6. The van der Waals surface area contributed by atoms with Gasteiger partial charge in [0, 0.05) is 38.9 Å². The van der Waals surface area contributed by atoms with Gasteiger partial charge in [0.2, 0.25) is 0 Å². The molecule has 11 heteroatoms. The number of guanidine groups is 1. The number of likely N-dealkylation sites (tertiary alicyclic amines) is 1. The van der Waals surface area contributed by atoms with Gasteiger partial charge in [-0.1, -0.05) is 0 Å². The molecule has 3 rings (SSSR count). The second-order valence-corrected chi connectivity index (χ2v) is 8.01. The van der Waals surface area contributed by atoms with Crippen molar-refractivity contribution in [2.45, 2.75) is 37.9 Å². The Morgan fingerprint density at radius 1 is 1.23 bits per heavy atom. The second-order valence-electron chi connectivity index (χ2n) is 8.01. The highest BCUT2D eigenvalue weighted by Crippen LogP contribution is 2.24. The zero-order valence-corrected chi connectivity index (χ0v) is 20.0. The third kappa shape index (κ3) is 8.24. The predicted molar refractivity (Wildman–Crippen MR) is 125 cm³/mol. The number of pyridine rings is 1. The van der Waals surface area contributed by atoms with Gasteiger partial charge in [0.05, 0.1) is 6.54 Å². The predicted octanol–water partition coefficient (Wildman–Crippen LogP) is 3.25. The van der Waals surface area contributed by atoms with Gasteiger partial charge in [-0.25, -0.2) is 9.37 Å². The summed E-state index contributed by atoms with van der Waals surface area (Å²) >= 11 is 0. The fourth-order valence-corrected chi connectivity index (χ4v) is 4.15. The number of nitrogens with one attached hydrogen (secondary N) is 2. The summed E-state index contributed by atoms with van der Waals surface area (Å²) < 4.78 is 51.4. The lowest BCUT2D eigenvalue weighted by Gasteiger charge is -2.32. The molecule has 0 radical (unpaired) electrons. The fraction of sp³-hybridized carbons (Fsp3) is 0.700. The molecule has 0 aromatic carbocycles. The molecule has 0 amide bonds. The SMILES string of the molecule is CN=C(NCCC1CCN(CC(F)(F)F)CC1)NC1CCN(c2ncccc2F)C1.I. The van der Waals surface area contributed by atoms with Gasteiger partial charge in [-0.15, -0.1) is 24.0 Å². The third-order valence-electron chi connectivity index (χ3n) is 5.75. The molecule has 6 nitrogen and oxygen atoms in total. The largest absolute Gasteiger partial charge is 0.401 e. The molecule has 0 aliphatic carbocycles. The molecule has 2 N–H and O–H groups in total. The molecule has 2 aliphatic rings. The van der Waals surface area contributed by atoms with E-state index in [-0.39, 0.29) is 35.8 Å². The van der Waals surface area contributed by atoms with Gasteiger partial charge < -0.3 is 15.5 Å². The molecule has 31 heavy (non-hydrogen) atoms. The van der Waals surface area contributed by atoms with Crippen LogP contribution in [-0.4, -0.2) is 74.4 Å². The molecule has 2 fully saturated rings. The lowest BCUT2D eigenvalue weighted by atomic mass is 9.93. The standard InChI is InChI=1S/C20H30F4N6.HI/c1-25-19(27-9-4-15-5-10-29(11-6-15)14-20(22,23)24)28-16-7-12-30(13-16)18-17(21)3-2-8-26-18;/h2-3,8,15-16H,4-7,9-14H2,1H3,(H2,25,27,28);1H. The fourth-order valence-electron chi connectivity index (χ4n) is 4.15. The maximum absolute atomic E-state index is 13.9. The van der Waals surface area contributed by atoms with Crippen molar-refractivity contribution in [3.63, 3.8) is 0 Å². The lowest BCUT2D eigenvalue weighted by Crippen LogP contribution is -2.45. The summed E-state index contributed by atoms with van der Waals surface area (Å²) in [5.41, 5.74) is 0. The molecular weight excluding hydrogens is 527 g/mol. The van der Waals surface area contributed by atoms with Crippen LogP contribution in [0.4, 0.5) is 23.4 Å². The Hall–Kier alpha value is -1.37. The van der Waals surface area contributed by atoms with Crippen molar-refractivity contribution in [3.05, 3.63) is 24.1 Å². The van der Waals surface area contributed by atoms with Crippen molar-refractivity contribution in [3.8, 4) is 0 Å². The van der Waals surface area contributed by atoms with Gasteiger partial charge in [0.25, 0.3) is 0 Å². The third-order valence-corrected chi connectivity index (χ3v) is 5.75. The van der Waals surface area contributed by atoms with Crippen molar-refractivity contribution >= 4 is 35.8 Å². The molecular formula is C20H31F4IN6. The van der Waals surface area contributed by atoms with Crippen molar-refractivity contribution in [2.75, 3.05) is 51.2 Å².